The van der Waals surface area contributed by atoms with E-state index in [4.69, 9.17) is 4.74 Å². The summed E-state index contributed by atoms with van der Waals surface area (Å²) in [4.78, 5) is 11.7. The quantitative estimate of drug-likeness (QED) is 0.587. The molecule has 4 heteroatoms. The Hall–Kier alpha value is -2.23. The number of benzene rings is 2. The SMILES string of the molecule is CC(C)c1ccc(OCc2ccccc2)c(C(C)(C)CC(=O)C(F)F)c1. The molecule has 0 unspecified atom stereocenters. The number of carbonyl (C=O) groups excluding carboxylic acids is 1. The van der Waals surface area contributed by atoms with Gasteiger partial charge in [-0.1, -0.05) is 70.2 Å². The highest BCUT2D eigenvalue weighted by molar-refractivity contribution is 5.83. The highest BCUT2D eigenvalue weighted by Crippen LogP contribution is 2.37. The first-order valence-corrected chi connectivity index (χ1v) is 8.82. The van der Waals surface area contributed by atoms with Gasteiger partial charge >= 0.3 is 0 Å². The Morgan fingerprint density at radius 3 is 2.31 bits per heavy atom. The standard InChI is InChI=1S/C22H26F2O2/c1-15(2)17-10-11-20(26-14-16-8-6-5-7-9-16)18(12-17)22(3,4)13-19(25)21(23)24/h5-12,15,21H,13-14H2,1-4H3. The molecule has 0 aliphatic rings. The second-order valence-electron chi connectivity index (χ2n) is 7.51. The highest BCUT2D eigenvalue weighted by Gasteiger charge is 2.31. The molecule has 0 saturated carbocycles. The summed E-state index contributed by atoms with van der Waals surface area (Å²) in [6.07, 6.45) is -3.18. The van der Waals surface area contributed by atoms with E-state index >= 15 is 0 Å². The Morgan fingerprint density at radius 2 is 1.73 bits per heavy atom. The van der Waals surface area contributed by atoms with E-state index in [0.29, 0.717) is 18.3 Å². The maximum atomic E-state index is 12.8. The van der Waals surface area contributed by atoms with E-state index < -0.39 is 17.6 Å². The summed E-state index contributed by atoms with van der Waals surface area (Å²) in [5.41, 5.74) is 2.15. The maximum absolute atomic E-state index is 12.8. The second-order valence-corrected chi connectivity index (χ2v) is 7.51. The average Bonchev–Trinajstić information content (AvgIpc) is 2.60. The number of rotatable bonds is 8. The van der Waals surface area contributed by atoms with Gasteiger partial charge in [-0.25, -0.2) is 8.78 Å². The number of hydrogen-bond donors (Lipinski definition) is 0. The molecule has 26 heavy (non-hydrogen) atoms. The van der Waals surface area contributed by atoms with Crippen molar-refractivity contribution < 1.29 is 18.3 Å². The number of halogens is 2. The average molecular weight is 360 g/mol. The molecule has 0 aliphatic heterocycles. The van der Waals surface area contributed by atoms with Crippen LogP contribution in [0.3, 0.4) is 0 Å². The van der Waals surface area contributed by atoms with Crippen LogP contribution in [-0.2, 0) is 16.8 Å². The summed E-state index contributed by atoms with van der Waals surface area (Å²) in [5.74, 6) is -0.122. The van der Waals surface area contributed by atoms with Crippen molar-refractivity contribution in [3.8, 4) is 5.75 Å². The Balaban J connectivity index is 2.33. The van der Waals surface area contributed by atoms with Crippen LogP contribution in [0.4, 0.5) is 8.78 Å². The second kappa shape index (κ2) is 8.43. The highest BCUT2D eigenvalue weighted by atomic mass is 19.3. The first-order valence-electron chi connectivity index (χ1n) is 8.82. The van der Waals surface area contributed by atoms with E-state index in [-0.39, 0.29) is 6.42 Å². The summed E-state index contributed by atoms with van der Waals surface area (Å²) in [6, 6.07) is 15.6. The van der Waals surface area contributed by atoms with Gasteiger partial charge in [0.25, 0.3) is 6.43 Å². The third-order valence-corrected chi connectivity index (χ3v) is 4.50. The largest absolute Gasteiger partial charge is 0.489 e. The molecule has 0 aromatic heterocycles. The van der Waals surface area contributed by atoms with Crippen molar-refractivity contribution in [2.75, 3.05) is 0 Å². The minimum Gasteiger partial charge on any atom is -0.489 e. The normalized spacial score (nSPS) is 11.8. The minimum absolute atomic E-state index is 0.228. The predicted molar refractivity (Wildman–Crippen MR) is 100.0 cm³/mol. The molecule has 2 aromatic rings. The van der Waals surface area contributed by atoms with Gasteiger partial charge < -0.3 is 4.74 Å². The third kappa shape index (κ3) is 5.13. The zero-order valence-electron chi connectivity index (χ0n) is 15.8. The van der Waals surface area contributed by atoms with Crippen LogP contribution in [0.1, 0.15) is 56.7 Å². The first kappa shape index (κ1) is 20.1. The molecular weight excluding hydrogens is 334 g/mol. The number of Topliss-reactive ketones (excluding diaryl/α,β-unsaturated/α-hetero) is 1. The van der Waals surface area contributed by atoms with Crippen LogP contribution < -0.4 is 4.74 Å². The van der Waals surface area contributed by atoms with Crippen LogP contribution in [-0.4, -0.2) is 12.2 Å². The Bertz CT molecular complexity index is 737. The van der Waals surface area contributed by atoms with Crippen molar-refractivity contribution in [3.05, 3.63) is 65.2 Å². The van der Waals surface area contributed by atoms with Crippen LogP contribution in [0.2, 0.25) is 0 Å². The van der Waals surface area contributed by atoms with E-state index in [1.807, 2.05) is 62.4 Å². The van der Waals surface area contributed by atoms with Crippen molar-refractivity contribution in [2.24, 2.45) is 0 Å². The van der Waals surface area contributed by atoms with E-state index in [0.717, 1.165) is 16.7 Å². The van der Waals surface area contributed by atoms with Gasteiger partial charge in [-0.3, -0.25) is 4.79 Å². The molecule has 2 nitrogen and oxygen atoms in total. The fourth-order valence-electron chi connectivity index (χ4n) is 2.90. The summed E-state index contributed by atoms with van der Waals surface area (Å²) >= 11 is 0. The third-order valence-electron chi connectivity index (χ3n) is 4.50. The molecule has 0 heterocycles. The van der Waals surface area contributed by atoms with Crippen LogP contribution >= 0.6 is 0 Å². The summed E-state index contributed by atoms with van der Waals surface area (Å²) in [6.45, 7) is 8.14. The topological polar surface area (TPSA) is 26.3 Å². The van der Waals surface area contributed by atoms with Crippen molar-refractivity contribution in [1.29, 1.82) is 0 Å². The zero-order valence-corrected chi connectivity index (χ0v) is 15.8. The van der Waals surface area contributed by atoms with E-state index in [9.17, 15) is 13.6 Å². The van der Waals surface area contributed by atoms with Gasteiger partial charge in [0.05, 0.1) is 0 Å². The molecule has 0 N–H and O–H groups in total. The van der Waals surface area contributed by atoms with Crippen LogP contribution in [0, 0.1) is 0 Å². The molecule has 0 fully saturated rings. The zero-order chi connectivity index (χ0) is 19.3. The smallest absolute Gasteiger partial charge is 0.296 e. The van der Waals surface area contributed by atoms with Gasteiger partial charge in [0, 0.05) is 17.4 Å². The van der Waals surface area contributed by atoms with E-state index in [2.05, 4.69) is 13.8 Å². The lowest BCUT2D eigenvalue weighted by molar-refractivity contribution is -0.130. The van der Waals surface area contributed by atoms with E-state index in [1.54, 1.807) is 0 Å². The van der Waals surface area contributed by atoms with Gasteiger partial charge in [-0.05, 0) is 23.1 Å². The molecule has 0 radical (unpaired) electrons. The first-order chi connectivity index (χ1) is 12.2. The van der Waals surface area contributed by atoms with Gasteiger partial charge in [0.15, 0.2) is 5.78 Å². The molecule has 2 rings (SSSR count). The van der Waals surface area contributed by atoms with Gasteiger partial charge in [-0.15, -0.1) is 0 Å². The van der Waals surface area contributed by atoms with Crippen molar-refractivity contribution >= 4 is 5.78 Å². The number of alkyl halides is 2. The monoisotopic (exact) mass is 360 g/mol. The lowest BCUT2D eigenvalue weighted by atomic mass is 9.78. The molecule has 0 saturated heterocycles. The Labute approximate surface area is 154 Å². The van der Waals surface area contributed by atoms with Gasteiger partial charge in [-0.2, -0.15) is 0 Å². The molecule has 2 aromatic carbocycles. The molecular formula is C22H26F2O2. The molecule has 140 valence electrons. The van der Waals surface area contributed by atoms with Gasteiger partial charge in [0.1, 0.15) is 12.4 Å². The number of hydrogen-bond acceptors (Lipinski definition) is 2. The molecule has 0 aliphatic carbocycles. The molecule has 0 atom stereocenters. The van der Waals surface area contributed by atoms with Gasteiger partial charge in [0.2, 0.25) is 0 Å². The van der Waals surface area contributed by atoms with Crippen LogP contribution in [0.5, 0.6) is 5.75 Å². The Morgan fingerprint density at radius 1 is 1.08 bits per heavy atom. The van der Waals surface area contributed by atoms with E-state index in [1.165, 1.54) is 0 Å². The fourth-order valence-corrected chi connectivity index (χ4v) is 2.90. The van der Waals surface area contributed by atoms with Crippen molar-refractivity contribution in [2.45, 2.75) is 58.5 Å². The maximum Gasteiger partial charge on any atom is 0.296 e. The summed E-state index contributed by atoms with van der Waals surface area (Å²) in [7, 11) is 0. The van der Waals surface area contributed by atoms with Crippen molar-refractivity contribution in [3.63, 3.8) is 0 Å². The Kier molecular flexibility index (Phi) is 6.52. The number of ketones is 1. The van der Waals surface area contributed by atoms with Crippen LogP contribution in [0.15, 0.2) is 48.5 Å². The van der Waals surface area contributed by atoms with Crippen LogP contribution in [0.25, 0.3) is 0 Å². The summed E-state index contributed by atoms with van der Waals surface area (Å²) < 4.78 is 31.5. The minimum atomic E-state index is -2.95. The molecule has 0 spiro atoms. The van der Waals surface area contributed by atoms with Crippen molar-refractivity contribution in [1.82, 2.24) is 0 Å². The molecule has 0 bridgehead atoms. The molecule has 0 amide bonds. The lowest BCUT2D eigenvalue weighted by Gasteiger charge is -2.28. The number of carbonyl (C=O) groups is 1. The predicted octanol–water partition coefficient (Wildman–Crippen LogP) is 5.89. The lowest BCUT2D eigenvalue weighted by Crippen LogP contribution is -2.26. The number of ether oxygens (including phenoxy) is 1. The summed E-state index contributed by atoms with van der Waals surface area (Å²) in [5, 5.41) is 0. The fraction of sp³-hybridized carbons (Fsp3) is 0.409.